The Labute approximate surface area is 77.1 Å². The van der Waals surface area contributed by atoms with Crippen molar-refractivity contribution in [1.29, 1.82) is 0 Å². The molecule has 1 fully saturated rings. The predicted octanol–water partition coefficient (Wildman–Crippen LogP) is 2.56. The van der Waals surface area contributed by atoms with Gasteiger partial charge >= 0.3 is 0 Å². The van der Waals surface area contributed by atoms with Crippen molar-refractivity contribution in [2.24, 2.45) is 0 Å². The second kappa shape index (κ2) is 4.04. The van der Waals surface area contributed by atoms with E-state index >= 15 is 0 Å². The SMILES string of the molecule is OOC1CCC[C@@H](Br)[C@@H]1Br. The molecule has 0 amide bonds. The molecule has 0 radical (unpaired) electrons. The number of halogens is 2. The molecule has 1 N–H and O–H groups in total. The van der Waals surface area contributed by atoms with Gasteiger partial charge in [0.05, 0.1) is 4.83 Å². The first kappa shape index (κ1) is 8.97. The van der Waals surface area contributed by atoms with E-state index in [0.29, 0.717) is 4.83 Å². The topological polar surface area (TPSA) is 29.5 Å². The maximum Gasteiger partial charge on any atom is 0.106 e. The molecule has 1 unspecified atom stereocenters. The fourth-order valence-corrected chi connectivity index (χ4v) is 2.47. The Balaban J connectivity index is 2.42. The lowest BCUT2D eigenvalue weighted by Gasteiger charge is -2.28. The fraction of sp³-hybridized carbons (Fsp3) is 1.00. The van der Waals surface area contributed by atoms with E-state index in [1.165, 1.54) is 0 Å². The lowest BCUT2D eigenvalue weighted by atomic mass is 9.98. The van der Waals surface area contributed by atoms with E-state index in [1.807, 2.05) is 0 Å². The molecule has 0 aliphatic heterocycles. The first-order valence-electron chi connectivity index (χ1n) is 3.34. The van der Waals surface area contributed by atoms with Gasteiger partial charge in [-0.05, 0) is 19.3 Å². The summed E-state index contributed by atoms with van der Waals surface area (Å²) in [7, 11) is 0. The minimum atomic E-state index is -0.0434. The Morgan fingerprint density at radius 3 is 2.50 bits per heavy atom. The van der Waals surface area contributed by atoms with Gasteiger partial charge in [0, 0.05) is 4.83 Å². The summed E-state index contributed by atoms with van der Waals surface area (Å²) in [6, 6.07) is 0. The molecule has 4 heteroatoms. The van der Waals surface area contributed by atoms with E-state index in [-0.39, 0.29) is 10.9 Å². The second-order valence-electron chi connectivity index (χ2n) is 2.54. The van der Waals surface area contributed by atoms with Crippen LogP contribution in [0.2, 0.25) is 0 Å². The van der Waals surface area contributed by atoms with Crippen LogP contribution in [0.25, 0.3) is 0 Å². The Kier molecular flexibility index (Phi) is 3.63. The number of rotatable bonds is 1. The molecule has 1 aliphatic rings. The summed E-state index contributed by atoms with van der Waals surface area (Å²) in [5.41, 5.74) is 0. The van der Waals surface area contributed by atoms with Crippen molar-refractivity contribution in [2.45, 2.75) is 35.0 Å². The molecule has 0 bridgehead atoms. The van der Waals surface area contributed by atoms with Crippen LogP contribution in [0.3, 0.4) is 0 Å². The zero-order valence-electron chi connectivity index (χ0n) is 5.46. The van der Waals surface area contributed by atoms with Crippen molar-refractivity contribution in [3.63, 3.8) is 0 Å². The molecule has 60 valence electrons. The lowest BCUT2D eigenvalue weighted by Crippen LogP contribution is -2.34. The van der Waals surface area contributed by atoms with Gasteiger partial charge in [-0.15, -0.1) is 0 Å². The number of hydrogen-bond donors (Lipinski definition) is 1. The summed E-state index contributed by atoms with van der Waals surface area (Å²) in [6.07, 6.45) is 3.16. The molecular formula is C6H10Br2O2. The van der Waals surface area contributed by atoms with Crippen LogP contribution in [0.15, 0.2) is 0 Å². The van der Waals surface area contributed by atoms with Crippen molar-refractivity contribution in [3.8, 4) is 0 Å². The standard InChI is InChI=1S/C6H10Br2O2/c7-4-2-1-3-5(10-9)6(4)8/h4-6,9H,1-3H2/t4-,5?,6+/m1/s1. The predicted molar refractivity (Wildman–Crippen MR) is 46.8 cm³/mol. The summed E-state index contributed by atoms with van der Waals surface area (Å²) >= 11 is 6.95. The van der Waals surface area contributed by atoms with E-state index in [4.69, 9.17) is 5.26 Å². The van der Waals surface area contributed by atoms with Crippen LogP contribution in [-0.2, 0) is 4.89 Å². The molecule has 0 aromatic rings. The highest BCUT2D eigenvalue weighted by molar-refractivity contribution is 9.12. The summed E-state index contributed by atoms with van der Waals surface area (Å²) in [6.45, 7) is 0. The molecule has 1 rings (SSSR count). The lowest BCUT2D eigenvalue weighted by molar-refractivity contribution is -0.281. The van der Waals surface area contributed by atoms with Gasteiger partial charge in [-0.2, -0.15) is 0 Å². The third-order valence-electron chi connectivity index (χ3n) is 1.80. The third-order valence-corrected chi connectivity index (χ3v) is 4.77. The van der Waals surface area contributed by atoms with Gasteiger partial charge in [-0.25, -0.2) is 4.89 Å². The molecule has 1 saturated carbocycles. The van der Waals surface area contributed by atoms with Crippen LogP contribution < -0.4 is 0 Å². The van der Waals surface area contributed by atoms with E-state index in [1.54, 1.807) is 0 Å². The van der Waals surface area contributed by atoms with Gasteiger partial charge in [0.15, 0.2) is 0 Å². The number of hydrogen-bond acceptors (Lipinski definition) is 2. The highest BCUT2D eigenvalue weighted by Gasteiger charge is 2.30. The zero-order valence-corrected chi connectivity index (χ0v) is 8.64. The van der Waals surface area contributed by atoms with Crippen molar-refractivity contribution in [1.82, 2.24) is 0 Å². The molecule has 0 heterocycles. The van der Waals surface area contributed by atoms with E-state index in [2.05, 4.69) is 36.7 Å². The summed E-state index contributed by atoms with van der Waals surface area (Å²) < 4.78 is 0. The minimum Gasteiger partial charge on any atom is -0.251 e. The first-order valence-corrected chi connectivity index (χ1v) is 5.17. The van der Waals surface area contributed by atoms with Crippen molar-refractivity contribution >= 4 is 31.9 Å². The van der Waals surface area contributed by atoms with Gasteiger partial charge in [0.2, 0.25) is 0 Å². The van der Waals surface area contributed by atoms with E-state index < -0.39 is 0 Å². The van der Waals surface area contributed by atoms with Gasteiger partial charge in [-0.3, -0.25) is 5.26 Å². The first-order chi connectivity index (χ1) is 4.75. The average Bonchev–Trinajstić information content (AvgIpc) is 1.95. The summed E-state index contributed by atoms with van der Waals surface area (Å²) in [5.74, 6) is 0. The molecule has 0 spiro atoms. The Hall–Kier alpha value is 0.880. The normalized spacial score (nSPS) is 41.7. The Bertz CT molecular complexity index is 110. The fourth-order valence-electron chi connectivity index (χ4n) is 1.18. The minimum absolute atomic E-state index is 0.0434. The highest BCUT2D eigenvalue weighted by atomic mass is 79.9. The van der Waals surface area contributed by atoms with Gasteiger partial charge in [0.25, 0.3) is 0 Å². The van der Waals surface area contributed by atoms with E-state index in [9.17, 15) is 0 Å². The smallest absolute Gasteiger partial charge is 0.106 e. The van der Waals surface area contributed by atoms with Crippen LogP contribution >= 0.6 is 31.9 Å². The van der Waals surface area contributed by atoms with Crippen molar-refractivity contribution in [3.05, 3.63) is 0 Å². The van der Waals surface area contributed by atoms with Crippen LogP contribution in [0.4, 0.5) is 0 Å². The van der Waals surface area contributed by atoms with Crippen LogP contribution in [0.5, 0.6) is 0 Å². The van der Waals surface area contributed by atoms with Crippen LogP contribution in [0, 0.1) is 0 Å². The zero-order chi connectivity index (χ0) is 7.56. The Morgan fingerprint density at radius 1 is 1.30 bits per heavy atom. The Morgan fingerprint density at radius 2 is 2.00 bits per heavy atom. The molecular weight excluding hydrogens is 264 g/mol. The van der Waals surface area contributed by atoms with Gasteiger partial charge in [-0.1, -0.05) is 31.9 Å². The maximum absolute atomic E-state index is 8.43. The van der Waals surface area contributed by atoms with Crippen LogP contribution in [0.1, 0.15) is 19.3 Å². The number of alkyl halides is 2. The molecule has 3 atom stereocenters. The maximum atomic E-state index is 8.43. The van der Waals surface area contributed by atoms with Crippen LogP contribution in [-0.4, -0.2) is 21.0 Å². The van der Waals surface area contributed by atoms with Crippen molar-refractivity contribution in [2.75, 3.05) is 0 Å². The third kappa shape index (κ3) is 1.94. The molecule has 0 saturated heterocycles. The van der Waals surface area contributed by atoms with Gasteiger partial charge < -0.3 is 0 Å². The van der Waals surface area contributed by atoms with Crippen molar-refractivity contribution < 1.29 is 10.1 Å². The second-order valence-corrected chi connectivity index (χ2v) is 4.77. The molecule has 0 aromatic carbocycles. The molecule has 10 heavy (non-hydrogen) atoms. The molecule has 2 nitrogen and oxygen atoms in total. The van der Waals surface area contributed by atoms with E-state index in [0.717, 1.165) is 19.3 Å². The highest BCUT2D eigenvalue weighted by Crippen LogP contribution is 2.31. The largest absolute Gasteiger partial charge is 0.251 e. The molecule has 1 aliphatic carbocycles. The summed E-state index contributed by atoms with van der Waals surface area (Å²) in [5, 5.41) is 8.43. The molecule has 0 aromatic heterocycles. The average molecular weight is 274 g/mol. The quantitative estimate of drug-likeness (QED) is 0.452. The van der Waals surface area contributed by atoms with Gasteiger partial charge in [0.1, 0.15) is 6.10 Å². The summed E-state index contributed by atoms with van der Waals surface area (Å²) in [4.78, 5) is 4.97. The monoisotopic (exact) mass is 272 g/mol.